The number of nitriles is 1. The number of carbonyl (C=O) groups excluding carboxylic acids is 1. The van der Waals surface area contributed by atoms with Crippen molar-refractivity contribution in [2.24, 2.45) is 0 Å². The minimum absolute atomic E-state index is 0.0603. The highest BCUT2D eigenvalue weighted by molar-refractivity contribution is 5.81. The lowest BCUT2D eigenvalue weighted by Gasteiger charge is -2.41. The van der Waals surface area contributed by atoms with Crippen molar-refractivity contribution in [2.45, 2.75) is 12.5 Å². The van der Waals surface area contributed by atoms with Crippen LogP contribution in [0.15, 0.2) is 0 Å². The van der Waals surface area contributed by atoms with E-state index in [0.29, 0.717) is 26.1 Å². The molecule has 0 aromatic rings. The van der Waals surface area contributed by atoms with E-state index in [9.17, 15) is 4.79 Å². The normalized spacial score (nSPS) is 21.6. The van der Waals surface area contributed by atoms with E-state index in [1.807, 2.05) is 4.90 Å². The van der Waals surface area contributed by atoms with Crippen molar-refractivity contribution in [3.63, 3.8) is 0 Å². The third-order valence-electron chi connectivity index (χ3n) is 3.23. The van der Waals surface area contributed by atoms with Crippen LogP contribution in [0.4, 0.5) is 0 Å². The highest BCUT2D eigenvalue weighted by Crippen LogP contribution is 2.11. The Hall–Kier alpha value is -1.16. The van der Waals surface area contributed by atoms with E-state index >= 15 is 0 Å². The molecule has 1 aliphatic rings. The Morgan fingerprint density at radius 1 is 1.44 bits per heavy atom. The van der Waals surface area contributed by atoms with Crippen LogP contribution in [0.5, 0.6) is 0 Å². The van der Waals surface area contributed by atoms with E-state index in [0.717, 1.165) is 13.1 Å². The van der Waals surface area contributed by atoms with Gasteiger partial charge < -0.3 is 10.0 Å². The molecule has 18 heavy (non-hydrogen) atoms. The molecule has 0 aliphatic carbocycles. The summed E-state index contributed by atoms with van der Waals surface area (Å²) in [6.07, 6.45) is 0.489. The summed E-state index contributed by atoms with van der Waals surface area (Å²) in [5, 5.41) is 17.6. The molecule has 1 atom stereocenters. The van der Waals surface area contributed by atoms with Gasteiger partial charge in [-0.2, -0.15) is 5.26 Å². The van der Waals surface area contributed by atoms with Gasteiger partial charge in [-0.1, -0.05) is 0 Å². The summed E-state index contributed by atoms with van der Waals surface area (Å²) in [6, 6.07) is 1.92. The van der Waals surface area contributed by atoms with Gasteiger partial charge in [0.15, 0.2) is 0 Å². The number of amides is 1. The molecule has 1 fully saturated rings. The number of β-amino-alcohol motifs (C(OH)–C–C–N with tert-alkyl or cyclic N) is 1. The lowest BCUT2D eigenvalue weighted by molar-refractivity contribution is -0.137. The van der Waals surface area contributed by atoms with Crippen LogP contribution in [0.1, 0.15) is 6.42 Å². The number of aliphatic hydroxyl groups is 1. The van der Waals surface area contributed by atoms with Crippen LogP contribution in [0.25, 0.3) is 0 Å². The first kappa shape index (κ1) is 14.9. The van der Waals surface area contributed by atoms with E-state index < -0.39 is 0 Å². The topological polar surface area (TPSA) is 70.8 Å². The average Bonchev–Trinajstić information content (AvgIpc) is 2.36. The second kappa shape index (κ2) is 7.31. The summed E-state index contributed by atoms with van der Waals surface area (Å²) in [5.41, 5.74) is 0. The Morgan fingerprint density at radius 2 is 2.17 bits per heavy atom. The van der Waals surface area contributed by atoms with Crippen molar-refractivity contribution in [3.05, 3.63) is 0 Å². The fourth-order valence-corrected chi connectivity index (χ4v) is 2.22. The first-order chi connectivity index (χ1) is 8.60. The fourth-order valence-electron chi connectivity index (χ4n) is 2.22. The van der Waals surface area contributed by atoms with E-state index in [2.05, 4.69) is 11.0 Å². The molecule has 1 saturated heterocycles. The lowest BCUT2D eigenvalue weighted by atomic mass is 10.1. The molecule has 0 bridgehead atoms. The van der Waals surface area contributed by atoms with Crippen molar-refractivity contribution < 1.29 is 9.90 Å². The molecule has 6 heteroatoms. The number of hydrogen-bond acceptors (Lipinski definition) is 5. The van der Waals surface area contributed by atoms with Crippen LogP contribution in [0.2, 0.25) is 0 Å². The summed E-state index contributed by atoms with van der Waals surface area (Å²) >= 11 is 0. The SMILES string of the molecule is CN(C)C(=O)C1CN(CCC#N)CCN1CCO. The van der Waals surface area contributed by atoms with Crippen LogP contribution in [0, 0.1) is 11.3 Å². The maximum atomic E-state index is 12.1. The maximum Gasteiger partial charge on any atom is 0.240 e. The van der Waals surface area contributed by atoms with Crippen LogP contribution in [-0.4, -0.2) is 85.2 Å². The third kappa shape index (κ3) is 3.95. The highest BCUT2D eigenvalue weighted by Gasteiger charge is 2.32. The largest absolute Gasteiger partial charge is 0.395 e. The molecule has 0 radical (unpaired) electrons. The van der Waals surface area contributed by atoms with Crippen LogP contribution < -0.4 is 0 Å². The van der Waals surface area contributed by atoms with Gasteiger partial charge in [-0.15, -0.1) is 0 Å². The van der Waals surface area contributed by atoms with Crippen molar-refractivity contribution in [2.75, 3.05) is 53.4 Å². The molecule has 0 saturated carbocycles. The number of hydrogen-bond donors (Lipinski definition) is 1. The highest BCUT2D eigenvalue weighted by atomic mass is 16.3. The number of rotatable bonds is 5. The Balaban J connectivity index is 2.64. The van der Waals surface area contributed by atoms with Crippen LogP contribution >= 0.6 is 0 Å². The summed E-state index contributed by atoms with van der Waals surface area (Å²) in [7, 11) is 3.49. The minimum atomic E-state index is -0.209. The zero-order chi connectivity index (χ0) is 13.5. The molecule has 0 aromatic heterocycles. The summed E-state index contributed by atoms with van der Waals surface area (Å²) in [5.74, 6) is 0.0603. The number of carbonyl (C=O) groups is 1. The molecule has 1 heterocycles. The van der Waals surface area contributed by atoms with E-state index in [1.54, 1.807) is 19.0 Å². The smallest absolute Gasteiger partial charge is 0.240 e. The Labute approximate surface area is 108 Å². The number of likely N-dealkylation sites (N-methyl/N-ethyl adjacent to an activating group) is 1. The van der Waals surface area contributed by atoms with E-state index in [1.165, 1.54) is 0 Å². The molecular formula is C12H22N4O2. The first-order valence-corrected chi connectivity index (χ1v) is 6.25. The molecule has 1 unspecified atom stereocenters. The second-order valence-corrected chi connectivity index (χ2v) is 4.72. The standard InChI is InChI=1S/C12H22N4O2/c1-14(2)12(18)11-10-15(5-3-4-13)6-7-16(11)8-9-17/h11,17H,3,5-10H2,1-2H3. The zero-order valence-corrected chi connectivity index (χ0v) is 11.2. The van der Waals surface area contributed by atoms with Gasteiger partial charge in [-0.3, -0.25) is 14.6 Å². The molecule has 0 aromatic carbocycles. The quantitative estimate of drug-likeness (QED) is 0.679. The van der Waals surface area contributed by atoms with Gasteiger partial charge >= 0.3 is 0 Å². The first-order valence-electron chi connectivity index (χ1n) is 6.25. The summed E-state index contributed by atoms with van der Waals surface area (Å²) in [6.45, 7) is 3.54. The summed E-state index contributed by atoms with van der Waals surface area (Å²) in [4.78, 5) is 17.9. The van der Waals surface area contributed by atoms with Crippen molar-refractivity contribution in [1.82, 2.24) is 14.7 Å². The van der Waals surface area contributed by atoms with E-state index in [-0.39, 0.29) is 18.6 Å². The van der Waals surface area contributed by atoms with Crippen molar-refractivity contribution in [1.29, 1.82) is 5.26 Å². The summed E-state index contributed by atoms with van der Waals surface area (Å²) < 4.78 is 0. The van der Waals surface area contributed by atoms with Gasteiger partial charge in [-0.25, -0.2) is 0 Å². The molecule has 1 aliphatic heterocycles. The van der Waals surface area contributed by atoms with Gasteiger partial charge in [0, 0.05) is 53.2 Å². The molecule has 6 nitrogen and oxygen atoms in total. The third-order valence-corrected chi connectivity index (χ3v) is 3.23. The van der Waals surface area contributed by atoms with Crippen LogP contribution in [-0.2, 0) is 4.79 Å². The number of nitrogens with zero attached hydrogens (tertiary/aromatic N) is 4. The zero-order valence-electron chi connectivity index (χ0n) is 11.2. The molecule has 1 amide bonds. The predicted molar refractivity (Wildman–Crippen MR) is 67.8 cm³/mol. The number of piperazine rings is 1. The van der Waals surface area contributed by atoms with Crippen molar-refractivity contribution in [3.8, 4) is 6.07 Å². The second-order valence-electron chi connectivity index (χ2n) is 4.72. The Morgan fingerprint density at radius 3 is 2.72 bits per heavy atom. The van der Waals surface area contributed by atoms with Crippen LogP contribution in [0.3, 0.4) is 0 Å². The molecular weight excluding hydrogens is 232 g/mol. The monoisotopic (exact) mass is 254 g/mol. The van der Waals surface area contributed by atoms with Gasteiger partial charge in [0.25, 0.3) is 0 Å². The molecule has 0 spiro atoms. The van der Waals surface area contributed by atoms with Gasteiger partial charge in [0.05, 0.1) is 12.7 Å². The Bertz CT molecular complexity index is 314. The van der Waals surface area contributed by atoms with E-state index in [4.69, 9.17) is 10.4 Å². The minimum Gasteiger partial charge on any atom is -0.395 e. The van der Waals surface area contributed by atoms with Gasteiger partial charge in [0.1, 0.15) is 6.04 Å². The van der Waals surface area contributed by atoms with Gasteiger partial charge in [0.2, 0.25) is 5.91 Å². The van der Waals surface area contributed by atoms with Crippen molar-refractivity contribution >= 4 is 5.91 Å². The lowest BCUT2D eigenvalue weighted by Crippen LogP contribution is -2.59. The predicted octanol–water partition coefficient (Wildman–Crippen LogP) is -1.03. The average molecular weight is 254 g/mol. The molecule has 1 rings (SSSR count). The molecule has 1 N–H and O–H groups in total. The number of aliphatic hydroxyl groups excluding tert-OH is 1. The van der Waals surface area contributed by atoms with Gasteiger partial charge in [-0.05, 0) is 0 Å². The fraction of sp³-hybridized carbons (Fsp3) is 0.833. The Kier molecular flexibility index (Phi) is 6.05. The molecule has 102 valence electrons. The maximum absolute atomic E-state index is 12.1.